The van der Waals surface area contributed by atoms with E-state index in [-0.39, 0.29) is 12.2 Å². The summed E-state index contributed by atoms with van der Waals surface area (Å²) in [5.41, 5.74) is 1.23. The average Bonchev–Trinajstić information content (AvgIpc) is 3.03. The number of rotatable bonds is 14. The summed E-state index contributed by atoms with van der Waals surface area (Å²) < 4.78 is 5.55. The fraction of sp³-hybridized carbons (Fsp3) is 0.359. The van der Waals surface area contributed by atoms with Gasteiger partial charge in [-0.15, -0.1) is 0 Å². The molecule has 0 heterocycles. The first kappa shape index (κ1) is 35.0. The van der Waals surface area contributed by atoms with Crippen LogP contribution in [0.25, 0.3) is 10.8 Å². The summed E-state index contributed by atoms with van der Waals surface area (Å²) in [6.45, 7) is 7.73. The van der Waals surface area contributed by atoms with Gasteiger partial charge in [0, 0.05) is 18.7 Å². The van der Waals surface area contributed by atoms with Gasteiger partial charge < -0.3 is 25.4 Å². The molecule has 4 rings (SSSR count). The molecular formula is C39H47N3O5. The van der Waals surface area contributed by atoms with Crippen molar-refractivity contribution in [1.82, 2.24) is 10.2 Å². The largest absolute Gasteiger partial charge is 0.508 e. The van der Waals surface area contributed by atoms with Crippen LogP contribution in [0.5, 0.6) is 5.75 Å². The number of unbranched alkanes of at least 4 members (excludes halogenated alkanes) is 4. The minimum Gasteiger partial charge on any atom is -0.508 e. The molecule has 0 radical (unpaired) electrons. The van der Waals surface area contributed by atoms with Crippen LogP contribution in [0.2, 0.25) is 0 Å². The third-order valence-electron chi connectivity index (χ3n) is 7.84. The van der Waals surface area contributed by atoms with Crippen molar-refractivity contribution in [3.05, 3.63) is 108 Å². The number of fused-ring (bicyclic) bond motifs is 1. The molecule has 3 N–H and O–H groups in total. The van der Waals surface area contributed by atoms with Crippen molar-refractivity contribution in [3.63, 3.8) is 0 Å². The number of hydrogen-bond acceptors (Lipinski definition) is 5. The Kier molecular flexibility index (Phi) is 12.4. The zero-order valence-electron chi connectivity index (χ0n) is 27.9. The van der Waals surface area contributed by atoms with Crippen molar-refractivity contribution < 1.29 is 24.2 Å². The topological polar surface area (TPSA) is 108 Å². The summed E-state index contributed by atoms with van der Waals surface area (Å²) in [6.07, 6.45) is 4.22. The van der Waals surface area contributed by atoms with Crippen LogP contribution < -0.4 is 10.6 Å². The zero-order chi connectivity index (χ0) is 33.8. The number of hydrogen-bond donors (Lipinski definition) is 3. The monoisotopic (exact) mass is 637 g/mol. The van der Waals surface area contributed by atoms with Gasteiger partial charge in [0.2, 0.25) is 5.91 Å². The number of nitrogens with zero attached hydrogens (tertiary/aromatic N) is 1. The summed E-state index contributed by atoms with van der Waals surface area (Å²) in [7, 11) is 0. The lowest BCUT2D eigenvalue weighted by Crippen LogP contribution is -2.53. The number of aromatic hydroxyl groups is 1. The average molecular weight is 638 g/mol. The van der Waals surface area contributed by atoms with Crippen molar-refractivity contribution >= 4 is 34.4 Å². The molecule has 0 saturated heterocycles. The molecule has 248 valence electrons. The predicted molar refractivity (Wildman–Crippen MR) is 187 cm³/mol. The molecule has 0 aromatic heterocycles. The van der Waals surface area contributed by atoms with Crippen molar-refractivity contribution in [2.24, 2.45) is 0 Å². The molecule has 0 saturated carbocycles. The second-order valence-electron chi connectivity index (χ2n) is 12.9. The number of phenolic OH excluding ortho intramolecular Hbond substituents is 1. The normalized spacial score (nSPS) is 12.6. The summed E-state index contributed by atoms with van der Waals surface area (Å²) in [4.78, 5) is 43.7. The van der Waals surface area contributed by atoms with Gasteiger partial charge in [-0.1, -0.05) is 105 Å². The smallest absolute Gasteiger partial charge is 0.408 e. The molecular weight excluding hydrogens is 590 g/mol. The number of ether oxygens (including phenoxy) is 1. The first-order chi connectivity index (χ1) is 22.5. The Morgan fingerprint density at radius 2 is 1.47 bits per heavy atom. The lowest BCUT2D eigenvalue weighted by atomic mass is 9.99. The lowest BCUT2D eigenvalue weighted by molar-refractivity contribution is -0.140. The summed E-state index contributed by atoms with van der Waals surface area (Å²) >= 11 is 0. The van der Waals surface area contributed by atoms with E-state index in [1.165, 1.54) is 12.1 Å². The van der Waals surface area contributed by atoms with Gasteiger partial charge in [0.05, 0.1) is 0 Å². The Hall–Kier alpha value is -4.85. The van der Waals surface area contributed by atoms with Gasteiger partial charge in [-0.3, -0.25) is 9.59 Å². The highest BCUT2D eigenvalue weighted by Crippen LogP contribution is 2.28. The maximum atomic E-state index is 14.7. The molecule has 4 aromatic rings. The van der Waals surface area contributed by atoms with Crippen LogP contribution in [-0.4, -0.2) is 46.1 Å². The van der Waals surface area contributed by atoms with Crippen LogP contribution in [0.1, 0.15) is 77.0 Å². The second kappa shape index (κ2) is 16.6. The number of amides is 3. The van der Waals surface area contributed by atoms with Gasteiger partial charge in [-0.05, 0) is 73.4 Å². The Balaban J connectivity index is 1.73. The Morgan fingerprint density at radius 3 is 2.15 bits per heavy atom. The Morgan fingerprint density at radius 1 is 0.809 bits per heavy atom. The van der Waals surface area contributed by atoms with E-state index < -0.39 is 35.6 Å². The van der Waals surface area contributed by atoms with E-state index in [1.807, 2.05) is 72.8 Å². The fourth-order valence-electron chi connectivity index (χ4n) is 5.56. The van der Waals surface area contributed by atoms with Crippen molar-refractivity contribution in [2.75, 3.05) is 11.9 Å². The molecule has 0 fully saturated rings. The Bertz CT molecular complexity index is 1620. The molecule has 0 aliphatic rings. The van der Waals surface area contributed by atoms with Crippen LogP contribution in [0.4, 0.5) is 10.5 Å². The number of alkyl carbamates (subject to hydrolysis) is 1. The van der Waals surface area contributed by atoms with E-state index in [9.17, 15) is 19.5 Å². The number of nitrogens with one attached hydrogen (secondary N) is 2. The number of carbonyl (C=O) groups excluding carboxylic acids is 3. The van der Waals surface area contributed by atoms with Gasteiger partial charge >= 0.3 is 6.09 Å². The first-order valence-electron chi connectivity index (χ1n) is 16.5. The van der Waals surface area contributed by atoms with Crippen molar-refractivity contribution in [1.29, 1.82) is 0 Å². The van der Waals surface area contributed by atoms with Crippen LogP contribution in [0, 0.1) is 0 Å². The highest BCUT2D eigenvalue weighted by Gasteiger charge is 2.36. The standard InChI is InChI=1S/C39H47N3O5/c1-5-6-7-8-14-25-42(37(45)34(26-28-15-10-9-11-16-28)41-38(46)47-39(2,3)4)35(30-20-23-33(43)24-21-30)36(44)40-32-22-19-29-17-12-13-18-31(29)27-32/h9-13,15-24,27,34-35,43H,5-8,14,25-26H2,1-4H3,(H,40,44)(H,41,46). The van der Waals surface area contributed by atoms with Gasteiger partial charge in [0.25, 0.3) is 5.91 Å². The van der Waals surface area contributed by atoms with E-state index in [0.29, 0.717) is 24.2 Å². The van der Waals surface area contributed by atoms with E-state index in [0.717, 1.165) is 42.0 Å². The number of phenols is 1. The van der Waals surface area contributed by atoms with Crippen LogP contribution >= 0.6 is 0 Å². The van der Waals surface area contributed by atoms with Gasteiger partial charge in [-0.25, -0.2) is 4.79 Å². The molecule has 0 spiro atoms. The molecule has 8 heteroatoms. The molecule has 0 aliphatic heterocycles. The number of carbonyl (C=O) groups is 3. The number of benzene rings is 4. The third kappa shape index (κ3) is 10.6. The van der Waals surface area contributed by atoms with Gasteiger partial charge in [0.15, 0.2) is 0 Å². The minimum atomic E-state index is -1.04. The molecule has 0 bridgehead atoms. The Labute approximate surface area is 278 Å². The van der Waals surface area contributed by atoms with E-state index in [1.54, 1.807) is 37.8 Å². The quantitative estimate of drug-likeness (QED) is 0.121. The molecule has 4 aromatic carbocycles. The van der Waals surface area contributed by atoms with E-state index in [2.05, 4.69) is 17.6 Å². The third-order valence-corrected chi connectivity index (χ3v) is 7.84. The first-order valence-corrected chi connectivity index (χ1v) is 16.5. The van der Waals surface area contributed by atoms with Crippen LogP contribution in [0.15, 0.2) is 97.1 Å². The molecule has 3 amide bonds. The molecule has 2 atom stereocenters. The highest BCUT2D eigenvalue weighted by molar-refractivity contribution is 6.00. The SMILES string of the molecule is CCCCCCCN(C(=O)C(Cc1ccccc1)NC(=O)OC(C)(C)C)C(C(=O)Nc1ccc2ccccc2c1)c1ccc(O)cc1. The van der Waals surface area contributed by atoms with Gasteiger partial charge in [0.1, 0.15) is 23.4 Å². The summed E-state index contributed by atoms with van der Waals surface area (Å²) in [6, 6.07) is 27.3. The zero-order valence-corrected chi connectivity index (χ0v) is 27.9. The van der Waals surface area contributed by atoms with Crippen molar-refractivity contribution in [3.8, 4) is 5.75 Å². The minimum absolute atomic E-state index is 0.0495. The summed E-state index contributed by atoms with van der Waals surface area (Å²) in [5.74, 6) is -0.751. The van der Waals surface area contributed by atoms with E-state index in [4.69, 9.17) is 4.74 Å². The predicted octanol–water partition coefficient (Wildman–Crippen LogP) is 8.16. The fourth-order valence-corrected chi connectivity index (χ4v) is 5.56. The van der Waals surface area contributed by atoms with Crippen LogP contribution in [0.3, 0.4) is 0 Å². The maximum absolute atomic E-state index is 14.7. The molecule has 8 nitrogen and oxygen atoms in total. The maximum Gasteiger partial charge on any atom is 0.408 e. The van der Waals surface area contributed by atoms with Crippen molar-refractivity contribution in [2.45, 2.75) is 83.9 Å². The van der Waals surface area contributed by atoms with Crippen LogP contribution in [-0.2, 0) is 20.7 Å². The van der Waals surface area contributed by atoms with E-state index >= 15 is 0 Å². The molecule has 2 unspecified atom stereocenters. The van der Waals surface area contributed by atoms with Gasteiger partial charge in [-0.2, -0.15) is 0 Å². The number of anilines is 1. The molecule has 0 aliphatic carbocycles. The second-order valence-corrected chi connectivity index (χ2v) is 12.9. The lowest BCUT2D eigenvalue weighted by Gasteiger charge is -2.34. The molecule has 47 heavy (non-hydrogen) atoms. The highest BCUT2D eigenvalue weighted by atomic mass is 16.6. The summed E-state index contributed by atoms with van der Waals surface area (Å²) in [5, 5.41) is 18.0.